The van der Waals surface area contributed by atoms with E-state index >= 15 is 0 Å². The van der Waals surface area contributed by atoms with E-state index in [1.165, 1.54) is 180 Å². The maximum Gasteiger partial charge on any atom is 0.130 e. The molecule has 0 fully saturated rings. The van der Waals surface area contributed by atoms with Crippen molar-refractivity contribution in [1.82, 2.24) is 0 Å². The van der Waals surface area contributed by atoms with Gasteiger partial charge in [-0.05, 0) is 64.2 Å². The van der Waals surface area contributed by atoms with E-state index in [1.54, 1.807) is 0 Å². The fourth-order valence-electron chi connectivity index (χ4n) is 6.03. The molecule has 1 atom stereocenters. The van der Waals surface area contributed by atoms with Crippen LogP contribution < -0.4 is 0 Å². The van der Waals surface area contributed by atoms with E-state index in [4.69, 9.17) is 9.47 Å². The van der Waals surface area contributed by atoms with Gasteiger partial charge in [0.2, 0.25) is 0 Å². The standard InChI is InChI=1S/C42H84NO2/c1-6-8-10-12-14-16-18-20-22-24-26-28-30-32-34-36-38-44-41-42(40-43(3,4)5)45-39-37-35-33-31-29-27-25-23-21-19-17-15-13-11-9-7-2/h20-23,42H,6-19,24-41H2,1-5H3/q+1/b22-20-,23-21+. The lowest BCUT2D eigenvalue weighted by Crippen LogP contribution is -2.44. The van der Waals surface area contributed by atoms with Gasteiger partial charge in [0.1, 0.15) is 12.6 Å². The third-order valence-corrected chi connectivity index (χ3v) is 8.87. The van der Waals surface area contributed by atoms with Gasteiger partial charge in [-0.15, -0.1) is 0 Å². The van der Waals surface area contributed by atoms with Crippen LogP contribution in [0.5, 0.6) is 0 Å². The summed E-state index contributed by atoms with van der Waals surface area (Å²) >= 11 is 0. The Kier molecular flexibility index (Phi) is 35.7. The fourth-order valence-corrected chi connectivity index (χ4v) is 6.03. The highest BCUT2D eigenvalue weighted by molar-refractivity contribution is 4.82. The summed E-state index contributed by atoms with van der Waals surface area (Å²) in [6.07, 6.45) is 47.6. The molecule has 0 aromatic rings. The van der Waals surface area contributed by atoms with Gasteiger partial charge in [0, 0.05) is 13.2 Å². The molecular weight excluding hydrogens is 550 g/mol. The molecule has 45 heavy (non-hydrogen) atoms. The molecular formula is C42H84NO2+. The van der Waals surface area contributed by atoms with Crippen LogP contribution in [0.3, 0.4) is 0 Å². The van der Waals surface area contributed by atoms with Gasteiger partial charge in [0.25, 0.3) is 0 Å². The summed E-state index contributed by atoms with van der Waals surface area (Å²) in [4.78, 5) is 0. The summed E-state index contributed by atoms with van der Waals surface area (Å²) in [5.41, 5.74) is 0. The third-order valence-electron chi connectivity index (χ3n) is 8.87. The molecule has 0 N–H and O–H groups in total. The van der Waals surface area contributed by atoms with Gasteiger partial charge >= 0.3 is 0 Å². The average Bonchev–Trinajstić information content (AvgIpc) is 3.01. The first-order valence-corrected chi connectivity index (χ1v) is 20.3. The molecule has 0 saturated heterocycles. The van der Waals surface area contributed by atoms with Crippen molar-refractivity contribution in [2.45, 2.75) is 200 Å². The first-order chi connectivity index (χ1) is 22.0. The van der Waals surface area contributed by atoms with Crippen molar-refractivity contribution in [3.8, 4) is 0 Å². The van der Waals surface area contributed by atoms with E-state index < -0.39 is 0 Å². The van der Waals surface area contributed by atoms with Crippen LogP contribution in [-0.2, 0) is 9.47 Å². The molecule has 0 aliphatic heterocycles. The zero-order valence-electron chi connectivity index (χ0n) is 31.8. The highest BCUT2D eigenvalue weighted by Gasteiger charge is 2.19. The van der Waals surface area contributed by atoms with Crippen LogP contribution in [0.2, 0.25) is 0 Å². The largest absolute Gasteiger partial charge is 0.379 e. The predicted octanol–water partition coefficient (Wildman–Crippen LogP) is 13.2. The zero-order valence-corrected chi connectivity index (χ0v) is 31.8. The predicted molar refractivity (Wildman–Crippen MR) is 202 cm³/mol. The Balaban J connectivity index is 3.63. The van der Waals surface area contributed by atoms with Crippen LogP contribution in [0.15, 0.2) is 24.3 Å². The smallest absolute Gasteiger partial charge is 0.130 e. The van der Waals surface area contributed by atoms with Crippen LogP contribution in [0.1, 0.15) is 194 Å². The van der Waals surface area contributed by atoms with Crippen LogP contribution >= 0.6 is 0 Å². The molecule has 0 saturated carbocycles. The van der Waals surface area contributed by atoms with Crippen LogP contribution in [0, 0.1) is 0 Å². The normalized spacial score (nSPS) is 13.1. The Morgan fingerprint density at radius 1 is 0.422 bits per heavy atom. The Morgan fingerprint density at radius 2 is 0.756 bits per heavy atom. The van der Waals surface area contributed by atoms with Gasteiger partial charge in [-0.2, -0.15) is 0 Å². The van der Waals surface area contributed by atoms with E-state index in [2.05, 4.69) is 59.3 Å². The highest BCUT2D eigenvalue weighted by atomic mass is 16.5. The lowest BCUT2D eigenvalue weighted by molar-refractivity contribution is -0.873. The molecule has 268 valence electrons. The van der Waals surface area contributed by atoms with Crippen molar-refractivity contribution >= 4 is 0 Å². The fraction of sp³-hybridized carbons (Fsp3) is 0.905. The summed E-state index contributed by atoms with van der Waals surface area (Å²) in [5, 5.41) is 0. The summed E-state index contributed by atoms with van der Waals surface area (Å²) in [6.45, 7) is 8.10. The molecule has 0 aromatic heterocycles. The number of hydrogen-bond acceptors (Lipinski definition) is 2. The Morgan fingerprint density at radius 3 is 1.13 bits per heavy atom. The number of unbranched alkanes of at least 4 members (excludes halogenated alkanes) is 24. The minimum absolute atomic E-state index is 0.210. The molecule has 3 heteroatoms. The van der Waals surface area contributed by atoms with Crippen LogP contribution in [-0.4, -0.2) is 58.1 Å². The Bertz CT molecular complexity index is 608. The number of rotatable bonds is 37. The van der Waals surface area contributed by atoms with Crippen LogP contribution in [0.4, 0.5) is 0 Å². The lowest BCUT2D eigenvalue weighted by Gasteiger charge is -2.29. The van der Waals surface area contributed by atoms with Gasteiger partial charge in [0.15, 0.2) is 0 Å². The molecule has 0 bridgehead atoms. The quantitative estimate of drug-likeness (QED) is 0.0384. The third kappa shape index (κ3) is 39.5. The van der Waals surface area contributed by atoms with Gasteiger partial charge in [-0.1, -0.05) is 154 Å². The molecule has 0 heterocycles. The maximum absolute atomic E-state index is 6.32. The Labute approximate surface area is 285 Å². The molecule has 1 unspecified atom stereocenters. The van der Waals surface area contributed by atoms with E-state index in [0.29, 0.717) is 0 Å². The molecule has 0 amide bonds. The van der Waals surface area contributed by atoms with Crippen molar-refractivity contribution in [1.29, 1.82) is 0 Å². The molecule has 0 aliphatic rings. The van der Waals surface area contributed by atoms with Crippen LogP contribution in [0.25, 0.3) is 0 Å². The van der Waals surface area contributed by atoms with Crippen molar-refractivity contribution < 1.29 is 14.0 Å². The van der Waals surface area contributed by atoms with E-state index in [0.717, 1.165) is 30.8 Å². The van der Waals surface area contributed by atoms with E-state index in [1.807, 2.05) is 0 Å². The summed E-state index contributed by atoms with van der Waals surface area (Å²) < 4.78 is 13.3. The zero-order chi connectivity index (χ0) is 32.9. The number of allylic oxidation sites excluding steroid dienone is 4. The average molecular weight is 635 g/mol. The summed E-state index contributed by atoms with van der Waals surface area (Å²) in [6, 6.07) is 0. The lowest BCUT2D eigenvalue weighted by atomic mass is 10.1. The monoisotopic (exact) mass is 635 g/mol. The molecule has 0 spiro atoms. The molecule has 0 rings (SSSR count). The summed E-state index contributed by atoms with van der Waals surface area (Å²) in [7, 11) is 6.77. The second-order valence-corrected chi connectivity index (χ2v) is 14.9. The van der Waals surface area contributed by atoms with Crippen molar-refractivity contribution in [3.05, 3.63) is 24.3 Å². The van der Waals surface area contributed by atoms with Gasteiger partial charge < -0.3 is 14.0 Å². The number of hydrogen-bond donors (Lipinski definition) is 0. The first kappa shape index (κ1) is 44.4. The first-order valence-electron chi connectivity index (χ1n) is 20.3. The van der Waals surface area contributed by atoms with Gasteiger partial charge in [-0.3, -0.25) is 0 Å². The molecule has 0 radical (unpaired) electrons. The highest BCUT2D eigenvalue weighted by Crippen LogP contribution is 2.12. The molecule has 3 nitrogen and oxygen atoms in total. The Hall–Kier alpha value is -0.640. The van der Waals surface area contributed by atoms with E-state index in [9.17, 15) is 0 Å². The van der Waals surface area contributed by atoms with Gasteiger partial charge in [-0.25, -0.2) is 0 Å². The minimum atomic E-state index is 0.210. The molecule has 0 aromatic carbocycles. The topological polar surface area (TPSA) is 18.5 Å². The van der Waals surface area contributed by atoms with Crippen molar-refractivity contribution in [2.75, 3.05) is 47.5 Å². The number of quaternary nitrogens is 1. The SMILES string of the molecule is CCCCCCCC/C=C\CCCCCCCCOCC(C[N+](C)(C)C)OCCCCCCCC/C=C/CCCCCCCC. The number of likely N-dealkylation sites (N-methyl/N-ethyl adjacent to an activating group) is 1. The van der Waals surface area contributed by atoms with E-state index in [-0.39, 0.29) is 6.10 Å². The second kappa shape index (κ2) is 36.2. The summed E-state index contributed by atoms with van der Waals surface area (Å²) in [5.74, 6) is 0. The number of ether oxygens (including phenoxy) is 2. The second-order valence-electron chi connectivity index (χ2n) is 14.9. The maximum atomic E-state index is 6.32. The van der Waals surface area contributed by atoms with Crippen molar-refractivity contribution in [3.63, 3.8) is 0 Å². The molecule has 0 aliphatic carbocycles. The van der Waals surface area contributed by atoms with Gasteiger partial charge in [0.05, 0.1) is 27.7 Å². The number of nitrogens with zero attached hydrogens (tertiary/aromatic N) is 1. The minimum Gasteiger partial charge on any atom is -0.379 e. The van der Waals surface area contributed by atoms with Crippen molar-refractivity contribution in [2.24, 2.45) is 0 Å².